The molecule has 0 atom stereocenters. The number of rotatable bonds is 7. The summed E-state index contributed by atoms with van der Waals surface area (Å²) in [6, 6.07) is 2.85. The Hall–Kier alpha value is -1.93. The molecule has 4 nitrogen and oxygen atoms in total. The van der Waals surface area contributed by atoms with Crippen molar-refractivity contribution in [2.24, 2.45) is 11.8 Å². The average molecular weight is 352 g/mol. The molecular formula is C15H17F5N2O2. The van der Waals surface area contributed by atoms with Crippen LogP contribution >= 0.6 is 0 Å². The number of nitrogens with one attached hydrogen (secondary N) is 1. The van der Waals surface area contributed by atoms with Gasteiger partial charge in [0, 0.05) is 31.1 Å². The van der Waals surface area contributed by atoms with Crippen molar-refractivity contribution in [1.82, 2.24) is 10.3 Å². The highest BCUT2D eigenvalue weighted by atomic mass is 19.4. The van der Waals surface area contributed by atoms with Crippen LogP contribution in [0.4, 0.5) is 22.0 Å². The third-order valence-corrected chi connectivity index (χ3v) is 3.78. The van der Waals surface area contributed by atoms with Crippen molar-refractivity contribution in [3.05, 3.63) is 23.9 Å². The zero-order valence-electron chi connectivity index (χ0n) is 12.7. The van der Waals surface area contributed by atoms with Crippen molar-refractivity contribution >= 4 is 5.91 Å². The van der Waals surface area contributed by atoms with Gasteiger partial charge in [-0.15, -0.1) is 0 Å². The van der Waals surface area contributed by atoms with E-state index in [1.165, 1.54) is 18.3 Å². The topological polar surface area (TPSA) is 51.2 Å². The normalized spacial score (nSPS) is 20.6. The molecule has 1 saturated carbocycles. The molecule has 0 unspecified atom stereocenters. The largest absolute Gasteiger partial charge is 0.468 e. The molecule has 0 spiro atoms. The summed E-state index contributed by atoms with van der Waals surface area (Å²) in [6.45, 7) is -1.34. The molecule has 1 aliphatic carbocycles. The number of carbonyl (C=O) groups excluding carboxylic acids is 1. The molecule has 1 aromatic rings. The fourth-order valence-electron chi connectivity index (χ4n) is 2.49. The Labute approximate surface area is 135 Å². The van der Waals surface area contributed by atoms with Crippen LogP contribution in [0.5, 0.6) is 5.88 Å². The van der Waals surface area contributed by atoms with Crippen LogP contribution in [0.15, 0.2) is 18.3 Å². The highest BCUT2D eigenvalue weighted by molar-refractivity contribution is 5.76. The molecule has 134 valence electrons. The summed E-state index contributed by atoms with van der Waals surface area (Å²) >= 11 is 0. The van der Waals surface area contributed by atoms with Gasteiger partial charge in [0.05, 0.1) is 0 Å². The van der Waals surface area contributed by atoms with Crippen molar-refractivity contribution < 1.29 is 31.5 Å². The van der Waals surface area contributed by atoms with E-state index in [4.69, 9.17) is 0 Å². The first-order valence-corrected chi connectivity index (χ1v) is 7.42. The molecule has 0 aliphatic heterocycles. The molecule has 0 saturated heterocycles. The van der Waals surface area contributed by atoms with Crippen LogP contribution in [0, 0.1) is 11.8 Å². The number of aromatic nitrogens is 1. The van der Waals surface area contributed by atoms with E-state index >= 15 is 0 Å². The van der Waals surface area contributed by atoms with Crippen LogP contribution < -0.4 is 10.1 Å². The fraction of sp³-hybridized carbons (Fsp3) is 0.600. The van der Waals surface area contributed by atoms with Gasteiger partial charge < -0.3 is 10.1 Å². The van der Waals surface area contributed by atoms with Crippen LogP contribution in [-0.2, 0) is 11.3 Å². The first-order chi connectivity index (χ1) is 11.2. The van der Waals surface area contributed by atoms with Crippen LogP contribution in [0.2, 0.25) is 0 Å². The first-order valence-electron chi connectivity index (χ1n) is 7.42. The van der Waals surface area contributed by atoms with Gasteiger partial charge in [0.2, 0.25) is 18.2 Å². The molecule has 0 aromatic carbocycles. The monoisotopic (exact) mass is 352 g/mol. The number of pyridine rings is 1. The van der Waals surface area contributed by atoms with Gasteiger partial charge in [0.15, 0.2) is 6.61 Å². The lowest BCUT2D eigenvalue weighted by molar-refractivity contribution is -0.154. The third kappa shape index (κ3) is 5.93. The number of hydrogen-bond acceptors (Lipinski definition) is 3. The summed E-state index contributed by atoms with van der Waals surface area (Å²) in [4.78, 5) is 15.4. The van der Waals surface area contributed by atoms with Gasteiger partial charge in [-0.3, -0.25) is 4.79 Å². The lowest BCUT2D eigenvalue weighted by atomic mass is 9.73. The molecule has 9 heteroatoms. The SMILES string of the molecule is O=C(CC1CC(C(F)F)C1)NCc1ccnc(OCC(F)(F)F)c1. The van der Waals surface area contributed by atoms with Crippen molar-refractivity contribution in [3.63, 3.8) is 0 Å². The lowest BCUT2D eigenvalue weighted by Crippen LogP contribution is -2.34. The lowest BCUT2D eigenvalue weighted by Gasteiger charge is -2.34. The maximum Gasteiger partial charge on any atom is 0.422 e. The predicted molar refractivity (Wildman–Crippen MR) is 74.5 cm³/mol. The number of nitrogens with zero attached hydrogens (tertiary/aromatic N) is 1. The Balaban J connectivity index is 1.73. The van der Waals surface area contributed by atoms with Crippen molar-refractivity contribution in [1.29, 1.82) is 0 Å². The molecular weight excluding hydrogens is 335 g/mol. The Bertz CT molecular complexity index is 559. The Kier molecular flexibility index (Phi) is 5.95. The molecule has 0 radical (unpaired) electrons. The van der Waals surface area contributed by atoms with Crippen molar-refractivity contribution in [2.75, 3.05) is 6.61 Å². The molecule has 0 bridgehead atoms. The van der Waals surface area contributed by atoms with E-state index in [0.717, 1.165) is 0 Å². The summed E-state index contributed by atoms with van der Waals surface area (Å²) in [5.74, 6) is -1.11. The number of carbonyl (C=O) groups is 1. The molecule has 1 heterocycles. The molecule has 24 heavy (non-hydrogen) atoms. The fourth-order valence-corrected chi connectivity index (χ4v) is 2.49. The molecule has 1 amide bonds. The van der Waals surface area contributed by atoms with E-state index in [0.29, 0.717) is 18.4 Å². The quantitative estimate of drug-likeness (QED) is 0.766. The maximum atomic E-state index is 12.3. The van der Waals surface area contributed by atoms with Gasteiger partial charge in [-0.05, 0) is 30.4 Å². The zero-order chi connectivity index (χ0) is 17.7. The van der Waals surface area contributed by atoms with E-state index in [1.54, 1.807) is 0 Å². The van der Waals surface area contributed by atoms with E-state index in [9.17, 15) is 26.7 Å². The van der Waals surface area contributed by atoms with Crippen molar-refractivity contribution in [3.8, 4) is 5.88 Å². The predicted octanol–water partition coefficient (Wildman–Crippen LogP) is 3.32. The second kappa shape index (κ2) is 7.76. The van der Waals surface area contributed by atoms with E-state index in [-0.39, 0.29) is 30.7 Å². The third-order valence-electron chi connectivity index (χ3n) is 3.78. The van der Waals surface area contributed by atoms with Crippen LogP contribution in [0.3, 0.4) is 0 Å². The summed E-state index contributed by atoms with van der Waals surface area (Å²) in [5.41, 5.74) is 0.537. The molecule has 1 N–H and O–H groups in total. The number of amides is 1. The van der Waals surface area contributed by atoms with E-state index < -0.39 is 25.1 Å². The average Bonchev–Trinajstić information content (AvgIpc) is 2.45. The minimum absolute atomic E-state index is 0.0351. The Morgan fingerprint density at radius 3 is 2.71 bits per heavy atom. The first kappa shape index (κ1) is 18.4. The van der Waals surface area contributed by atoms with E-state index in [2.05, 4.69) is 15.0 Å². The summed E-state index contributed by atoms with van der Waals surface area (Å²) in [5, 5.41) is 2.61. The standard InChI is InChI=1S/C15H17F5N2O2/c16-14(17)11-3-10(4-11)5-12(23)22-7-9-1-2-21-13(6-9)24-8-15(18,19)20/h1-2,6,10-11,14H,3-5,7-8H2,(H,22,23). The second-order valence-electron chi connectivity index (χ2n) is 5.82. The number of ether oxygens (including phenoxy) is 1. The van der Waals surface area contributed by atoms with Crippen molar-refractivity contribution in [2.45, 2.75) is 38.4 Å². The minimum atomic E-state index is -4.45. The van der Waals surface area contributed by atoms with E-state index in [1.807, 2.05) is 0 Å². The molecule has 1 fully saturated rings. The smallest absolute Gasteiger partial charge is 0.422 e. The molecule has 1 aromatic heterocycles. The van der Waals surface area contributed by atoms with Gasteiger partial charge in [0.25, 0.3) is 0 Å². The summed E-state index contributed by atoms with van der Waals surface area (Å²) in [7, 11) is 0. The number of halogens is 5. The Morgan fingerprint density at radius 2 is 2.08 bits per heavy atom. The molecule has 1 aliphatic rings. The highest BCUT2D eigenvalue weighted by Crippen LogP contribution is 2.39. The van der Waals surface area contributed by atoms with Crippen LogP contribution in [-0.4, -0.2) is 30.1 Å². The zero-order valence-corrected chi connectivity index (χ0v) is 12.7. The van der Waals surface area contributed by atoms with Crippen LogP contribution in [0.25, 0.3) is 0 Å². The van der Waals surface area contributed by atoms with Crippen LogP contribution in [0.1, 0.15) is 24.8 Å². The number of alkyl halides is 5. The van der Waals surface area contributed by atoms with Gasteiger partial charge in [-0.2, -0.15) is 13.2 Å². The second-order valence-corrected chi connectivity index (χ2v) is 5.82. The Morgan fingerprint density at radius 1 is 1.38 bits per heavy atom. The molecule has 2 rings (SSSR count). The summed E-state index contributed by atoms with van der Waals surface area (Å²) in [6.07, 6.45) is -4.65. The highest BCUT2D eigenvalue weighted by Gasteiger charge is 2.36. The summed E-state index contributed by atoms with van der Waals surface area (Å²) < 4.78 is 65.4. The van der Waals surface area contributed by atoms with Gasteiger partial charge in [-0.1, -0.05) is 0 Å². The van der Waals surface area contributed by atoms with Gasteiger partial charge >= 0.3 is 6.18 Å². The number of hydrogen-bond donors (Lipinski definition) is 1. The van der Waals surface area contributed by atoms with Gasteiger partial charge in [-0.25, -0.2) is 13.8 Å². The minimum Gasteiger partial charge on any atom is -0.468 e. The van der Waals surface area contributed by atoms with Gasteiger partial charge in [0.1, 0.15) is 0 Å². The maximum absolute atomic E-state index is 12.3.